The summed E-state index contributed by atoms with van der Waals surface area (Å²) in [7, 11) is 1.80. The maximum atomic E-state index is 5.82. The van der Waals surface area contributed by atoms with Gasteiger partial charge in [-0.05, 0) is 30.0 Å². The molecule has 0 heterocycles. The van der Waals surface area contributed by atoms with Crippen LogP contribution in [0, 0.1) is 0 Å². The lowest BCUT2D eigenvalue weighted by molar-refractivity contribution is 0.107. The Morgan fingerprint density at radius 1 is 1.00 bits per heavy atom. The van der Waals surface area contributed by atoms with Crippen LogP contribution in [0.5, 0.6) is 0 Å². The Labute approximate surface area is 151 Å². The number of nitrogens with zero attached hydrogens (tertiary/aromatic N) is 1. The van der Waals surface area contributed by atoms with Crippen LogP contribution in [0.2, 0.25) is 0 Å². The van der Waals surface area contributed by atoms with E-state index < -0.39 is 0 Å². The monoisotopic (exact) mass is 339 g/mol. The van der Waals surface area contributed by atoms with Gasteiger partial charge in [0, 0.05) is 19.6 Å². The molecule has 0 saturated carbocycles. The molecular weight excluding hydrogens is 310 g/mol. The normalized spacial score (nSPS) is 12.7. The Hall–Kier alpha value is -2.33. The minimum atomic E-state index is 0.406. The fourth-order valence-electron chi connectivity index (χ4n) is 2.41. The zero-order chi connectivity index (χ0) is 17.9. The van der Waals surface area contributed by atoms with E-state index in [0.717, 1.165) is 18.9 Å². The molecule has 0 saturated heterocycles. The van der Waals surface area contributed by atoms with E-state index in [1.165, 1.54) is 16.7 Å². The first-order valence-electron chi connectivity index (χ1n) is 8.88. The minimum Gasteiger partial charge on any atom is -0.372 e. The van der Waals surface area contributed by atoms with Crippen molar-refractivity contribution < 1.29 is 4.74 Å². The van der Waals surface area contributed by atoms with Crippen molar-refractivity contribution in [1.29, 1.82) is 0 Å². The van der Waals surface area contributed by atoms with Gasteiger partial charge in [-0.25, -0.2) is 0 Å². The average Bonchev–Trinajstić information content (AvgIpc) is 2.66. The Morgan fingerprint density at radius 2 is 1.68 bits per heavy atom. The molecule has 0 fully saturated rings. The van der Waals surface area contributed by atoms with Gasteiger partial charge in [0.25, 0.3) is 0 Å². The van der Waals surface area contributed by atoms with Crippen LogP contribution in [0.25, 0.3) is 0 Å². The highest BCUT2D eigenvalue weighted by molar-refractivity contribution is 5.79. The number of ether oxygens (including phenoxy) is 1. The van der Waals surface area contributed by atoms with Crippen molar-refractivity contribution in [1.82, 2.24) is 10.6 Å². The summed E-state index contributed by atoms with van der Waals surface area (Å²) < 4.78 is 5.82. The minimum absolute atomic E-state index is 0.406. The molecule has 0 aliphatic heterocycles. The number of aliphatic imine (C=N–C) groups is 1. The van der Waals surface area contributed by atoms with Gasteiger partial charge in [0.2, 0.25) is 0 Å². The quantitative estimate of drug-likeness (QED) is 0.567. The molecule has 1 unspecified atom stereocenters. The number of rotatable bonds is 8. The lowest BCUT2D eigenvalue weighted by Gasteiger charge is -2.16. The molecule has 2 rings (SSSR count). The van der Waals surface area contributed by atoms with Crippen LogP contribution >= 0.6 is 0 Å². The molecule has 134 valence electrons. The van der Waals surface area contributed by atoms with Gasteiger partial charge < -0.3 is 15.4 Å². The third-order valence-corrected chi connectivity index (χ3v) is 4.05. The molecule has 4 nitrogen and oxygen atoms in total. The molecule has 0 aliphatic rings. The molecule has 25 heavy (non-hydrogen) atoms. The highest BCUT2D eigenvalue weighted by Gasteiger charge is 2.03. The predicted octanol–water partition coefficient (Wildman–Crippen LogP) is 3.87. The van der Waals surface area contributed by atoms with Crippen LogP contribution in [0.1, 0.15) is 37.0 Å². The van der Waals surface area contributed by atoms with Gasteiger partial charge in [-0.1, -0.05) is 61.5 Å². The summed E-state index contributed by atoms with van der Waals surface area (Å²) in [6.45, 7) is 6.29. The van der Waals surface area contributed by atoms with E-state index in [4.69, 9.17) is 4.74 Å². The summed E-state index contributed by atoms with van der Waals surface area (Å²) in [6.07, 6.45) is 1.06. The molecule has 0 aromatic heterocycles. The maximum Gasteiger partial charge on any atom is 0.191 e. The van der Waals surface area contributed by atoms with Gasteiger partial charge in [-0.2, -0.15) is 0 Å². The fourth-order valence-corrected chi connectivity index (χ4v) is 2.41. The van der Waals surface area contributed by atoms with Gasteiger partial charge >= 0.3 is 0 Å². The third-order valence-electron chi connectivity index (χ3n) is 4.05. The highest BCUT2D eigenvalue weighted by atomic mass is 16.5. The second-order valence-corrected chi connectivity index (χ2v) is 6.18. The number of guanidine groups is 1. The smallest absolute Gasteiger partial charge is 0.191 e. The molecule has 0 spiro atoms. The van der Waals surface area contributed by atoms with Crippen molar-refractivity contribution in [2.45, 2.75) is 46.1 Å². The molecule has 0 radical (unpaired) electrons. The highest BCUT2D eigenvalue weighted by Crippen LogP contribution is 2.09. The van der Waals surface area contributed by atoms with Crippen molar-refractivity contribution in [3.05, 3.63) is 71.3 Å². The Bertz CT molecular complexity index is 655. The maximum absolute atomic E-state index is 5.82. The van der Waals surface area contributed by atoms with Crippen LogP contribution in [0.15, 0.2) is 59.6 Å². The van der Waals surface area contributed by atoms with Crippen molar-refractivity contribution in [2.24, 2.45) is 4.99 Å². The van der Waals surface area contributed by atoms with E-state index in [1.54, 1.807) is 7.05 Å². The third kappa shape index (κ3) is 6.98. The van der Waals surface area contributed by atoms with Gasteiger partial charge in [0.15, 0.2) is 5.96 Å². The number of hydrogen-bond acceptors (Lipinski definition) is 2. The molecule has 0 bridgehead atoms. The zero-order valence-corrected chi connectivity index (χ0v) is 15.5. The number of benzene rings is 2. The van der Waals surface area contributed by atoms with E-state index in [1.807, 2.05) is 18.2 Å². The van der Waals surface area contributed by atoms with Gasteiger partial charge in [-0.3, -0.25) is 4.99 Å². The van der Waals surface area contributed by atoms with Crippen molar-refractivity contribution in [3.8, 4) is 0 Å². The Balaban J connectivity index is 1.82. The summed E-state index contributed by atoms with van der Waals surface area (Å²) in [5, 5.41) is 6.73. The van der Waals surface area contributed by atoms with E-state index in [2.05, 4.69) is 65.9 Å². The SMILES string of the molecule is CCC(C)NC(=NC)NCc1cccc(COCc2ccccc2)c1. The van der Waals surface area contributed by atoms with Crippen molar-refractivity contribution >= 4 is 5.96 Å². The molecular formula is C21H29N3O. The topological polar surface area (TPSA) is 45.7 Å². The standard InChI is InChI=1S/C21H29N3O/c1-4-17(2)24-21(22-3)23-14-19-11-8-12-20(13-19)16-25-15-18-9-6-5-7-10-18/h5-13,17H,4,14-16H2,1-3H3,(H2,22,23,24). The van der Waals surface area contributed by atoms with Crippen LogP contribution in [-0.4, -0.2) is 19.0 Å². The molecule has 2 aromatic rings. The number of hydrogen-bond donors (Lipinski definition) is 2. The lowest BCUT2D eigenvalue weighted by Crippen LogP contribution is -2.41. The van der Waals surface area contributed by atoms with Crippen LogP contribution in [0.3, 0.4) is 0 Å². The van der Waals surface area contributed by atoms with E-state index in [-0.39, 0.29) is 0 Å². The summed E-state index contributed by atoms with van der Waals surface area (Å²) in [6, 6.07) is 19.1. The summed E-state index contributed by atoms with van der Waals surface area (Å²) >= 11 is 0. The summed E-state index contributed by atoms with van der Waals surface area (Å²) in [5.74, 6) is 0.833. The van der Waals surface area contributed by atoms with Crippen molar-refractivity contribution in [2.75, 3.05) is 7.05 Å². The second-order valence-electron chi connectivity index (χ2n) is 6.18. The van der Waals surface area contributed by atoms with Crippen LogP contribution < -0.4 is 10.6 Å². The lowest BCUT2D eigenvalue weighted by atomic mass is 10.1. The van der Waals surface area contributed by atoms with E-state index in [0.29, 0.717) is 19.3 Å². The number of nitrogens with one attached hydrogen (secondary N) is 2. The largest absolute Gasteiger partial charge is 0.372 e. The summed E-state index contributed by atoms with van der Waals surface area (Å²) in [5.41, 5.74) is 3.59. The molecule has 2 aromatic carbocycles. The van der Waals surface area contributed by atoms with Crippen LogP contribution in [-0.2, 0) is 24.5 Å². The summed E-state index contributed by atoms with van der Waals surface area (Å²) in [4.78, 5) is 4.27. The first-order valence-corrected chi connectivity index (χ1v) is 8.88. The van der Waals surface area contributed by atoms with Crippen LogP contribution in [0.4, 0.5) is 0 Å². The van der Waals surface area contributed by atoms with Gasteiger partial charge in [-0.15, -0.1) is 0 Å². The fraction of sp³-hybridized carbons (Fsp3) is 0.381. The average molecular weight is 339 g/mol. The van der Waals surface area contributed by atoms with Gasteiger partial charge in [0.1, 0.15) is 0 Å². The Kier molecular flexibility index (Phi) is 7.99. The first kappa shape index (κ1) is 19.0. The molecule has 4 heteroatoms. The second kappa shape index (κ2) is 10.5. The molecule has 2 N–H and O–H groups in total. The van der Waals surface area contributed by atoms with Crippen molar-refractivity contribution in [3.63, 3.8) is 0 Å². The van der Waals surface area contributed by atoms with Gasteiger partial charge in [0.05, 0.1) is 13.2 Å². The molecule has 1 atom stereocenters. The van der Waals surface area contributed by atoms with E-state index >= 15 is 0 Å². The zero-order valence-electron chi connectivity index (χ0n) is 15.5. The van der Waals surface area contributed by atoms with E-state index in [9.17, 15) is 0 Å². The molecule has 0 aliphatic carbocycles. The Morgan fingerprint density at radius 3 is 2.40 bits per heavy atom. The molecule has 0 amide bonds. The predicted molar refractivity (Wildman–Crippen MR) is 104 cm³/mol. The first-order chi connectivity index (χ1) is 12.2.